The van der Waals surface area contributed by atoms with Crippen LogP contribution in [-0.4, -0.2) is 123 Å². The Hall–Kier alpha value is -17.9. The van der Waals surface area contributed by atoms with E-state index in [9.17, 15) is 24.0 Å². The van der Waals surface area contributed by atoms with E-state index in [2.05, 4.69) is 151 Å². The number of rotatable bonds is 20. The minimum absolute atomic E-state index is 0.0285. The number of hydrogen-bond acceptors (Lipinski definition) is 25. The molecule has 25 rings (SSSR count). The van der Waals surface area contributed by atoms with Crippen LogP contribution >= 0.6 is 23.2 Å². The molecule has 2 aliphatic rings. The lowest BCUT2D eigenvalue weighted by molar-refractivity contribution is 0.636. The van der Waals surface area contributed by atoms with E-state index in [1.807, 2.05) is 242 Å². The Morgan fingerprint density at radius 2 is 0.531 bits per heavy atom. The van der Waals surface area contributed by atoms with Crippen molar-refractivity contribution in [2.75, 3.05) is 26.6 Å². The molecule has 0 bridgehead atoms. The Morgan fingerprint density at radius 3 is 0.844 bits per heavy atom. The maximum Gasteiger partial charge on any atom is 0.264 e. The number of nitrogens with one attached hydrogen (secondary N) is 10. The van der Waals surface area contributed by atoms with Crippen LogP contribution in [0.15, 0.2) is 281 Å². The van der Waals surface area contributed by atoms with Gasteiger partial charge in [-0.1, -0.05) is 144 Å². The van der Waals surface area contributed by atoms with Crippen molar-refractivity contribution in [3.05, 3.63) is 381 Å². The number of anilines is 5. The molecule has 0 spiro atoms. The largest absolute Gasteiger partial charge is 0.360 e. The SMILES string of the molecule is C[C@H](Nc1ncnc2nc[nH]c12)c1cc2cccc(Cl)c2c(=O)n1C1CC1.Cc1ccc(-n2c([C@H](C)Nc3ncnc4nc[nH]c34)cc3cccc(C)c3c2=O)cc1.Cc1cccc(-n2c([C@H](C)Nc3ncnc4nc[nH]c34)cc3cccc(C)c3c2=O)c1.Cc1cccc(-n2c([C@H](C)Nc3ncnc4nc[nH]c34)cc3cccc(Cl)c3c2=O)c1.Cc1cccc2cc([C@H](C)Nc3ncnc4nc[nH]c34)n(C3CC3)c(=O)c12. The zero-order chi connectivity index (χ0) is 102. The van der Waals surface area contributed by atoms with Crippen molar-refractivity contribution < 1.29 is 0 Å². The maximum absolute atomic E-state index is 13.7. The number of H-pyrrole nitrogens is 5. The summed E-state index contributed by atoms with van der Waals surface area (Å²) in [6.45, 7) is 22.1. The van der Waals surface area contributed by atoms with Gasteiger partial charge in [-0.3, -0.25) is 37.7 Å². The van der Waals surface area contributed by atoms with Crippen LogP contribution in [0.1, 0.15) is 164 Å². The number of benzene rings is 8. The van der Waals surface area contributed by atoms with Crippen molar-refractivity contribution in [3.8, 4) is 17.1 Å². The Bertz CT molecular complexity index is 8940. The molecule has 15 heterocycles. The standard InChI is InChI=1S/2C24H22N6O.C23H19ClN6O.C20H20N6O.C19H17ClN6O/c1-14-6-4-9-18(10-14)30-19(11-17-8-5-7-15(2)20(17)24(30)31)16(3)29-23-21-22(26-12-25-21)27-13-28-23;1-14-7-9-18(10-8-14)30-19(11-17-6-4-5-15(2)20(17)24(30)31)16(3)29-23-21-22(26-12-25-21)27-13-28-23;1-13-5-3-7-16(9-13)30-18(10-15-6-4-8-17(24)19(15)23(30)31)14(2)29-22-20-21(26-11-25-20)27-12-28-22;1-11-4-3-5-13-8-15(26(14-6-7-14)20(27)16(11)13)12(2)25-19-17-18(22-9-21-17)23-10-24-19;1-10(25-18-16-17(22-8-21-16)23-9-24-18)14-7-11-3-2-4-13(20)15(11)19(27)26(14)12-5-6-12/h2*4-13,16H,1-3H3,(H2,25,26,27,28,29);3-12,14H,1-2H3,(H2,25,26,27,28,29);3-5,8-10,12,14H,6-7H2,1-2H3,(H2,21,22,23,24,25);2-4,7-10,12H,5-6H2,1H3,(H2,21,22,23,24,25)/t2*16-;14-;12-;10-/m00000/s1. The van der Waals surface area contributed by atoms with Crippen molar-refractivity contribution >= 4 is 162 Å². The molecule has 5 atom stereocenters. The normalized spacial score (nSPS) is 13.4. The van der Waals surface area contributed by atoms with Gasteiger partial charge in [0.2, 0.25) is 0 Å². The number of fused-ring (bicyclic) bond motifs is 10. The molecule has 147 heavy (non-hydrogen) atoms. The number of aryl methyl sites for hydroxylation is 6. The predicted molar refractivity (Wildman–Crippen MR) is 579 cm³/mol. The second-order valence-corrected chi connectivity index (χ2v) is 37.9. The van der Waals surface area contributed by atoms with Crippen LogP contribution in [-0.2, 0) is 0 Å². The molecule has 37 heteroatoms. The first-order valence-electron chi connectivity index (χ1n) is 48.2. The highest BCUT2D eigenvalue weighted by atomic mass is 35.5. The first-order valence-corrected chi connectivity index (χ1v) is 49.0. The van der Waals surface area contributed by atoms with E-state index in [0.717, 1.165) is 170 Å². The molecule has 0 amide bonds. The number of hydrogen-bond donors (Lipinski definition) is 10. The van der Waals surface area contributed by atoms with Crippen LogP contribution in [0.4, 0.5) is 29.1 Å². The van der Waals surface area contributed by atoms with Gasteiger partial charge < -0.3 is 60.6 Å². The van der Waals surface area contributed by atoms with Gasteiger partial charge in [0.05, 0.1) is 98.8 Å². The van der Waals surface area contributed by atoms with Crippen LogP contribution < -0.4 is 54.4 Å². The second-order valence-electron chi connectivity index (χ2n) is 37.1. The highest BCUT2D eigenvalue weighted by molar-refractivity contribution is 6.36. The van der Waals surface area contributed by atoms with Gasteiger partial charge in [0, 0.05) is 57.6 Å². The van der Waals surface area contributed by atoms with E-state index in [4.69, 9.17) is 23.2 Å². The van der Waals surface area contributed by atoms with Gasteiger partial charge in [-0.05, 0) is 235 Å². The summed E-state index contributed by atoms with van der Waals surface area (Å²) in [4.78, 5) is 146. The molecule has 2 aliphatic carbocycles. The van der Waals surface area contributed by atoms with Crippen LogP contribution in [0.25, 0.3) is 127 Å². The molecule has 2 saturated carbocycles. The summed E-state index contributed by atoms with van der Waals surface area (Å²) in [6.07, 6.45) is 19.5. The molecular weight excluding hydrogens is 1890 g/mol. The fourth-order valence-electron chi connectivity index (χ4n) is 19.2. The van der Waals surface area contributed by atoms with Crippen molar-refractivity contribution in [3.63, 3.8) is 0 Å². The van der Waals surface area contributed by atoms with E-state index >= 15 is 0 Å². The Morgan fingerprint density at radius 1 is 0.272 bits per heavy atom. The monoisotopic (exact) mass is 1990 g/mol. The number of nitrogens with zero attached hydrogens (tertiary/aromatic N) is 20. The summed E-state index contributed by atoms with van der Waals surface area (Å²) in [5.41, 5.74) is 19.6. The summed E-state index contributed by atoms with van der Waals surface area (Å²) >= 11 is 12.7. The highest BCUT2D eigenvalue weighted by Crippen LogP contribution is 2.41. The number of pyridine rings is 5. The van der Waals surface area contributed by atoms with E-state index in [1.54, 1.807) is 57.5 Å². The molecule has 734 valence electrons. The molecule has 2 fully saturated rings. The Kier molecular flexibility index (Phi) is 26.0. The first kappa shape index (κ1) is 95.3. The third-order valence-electron chi connectivity index (χ3n) is 26.7. The first-order chi connectivity index (χ1) is 71.3. The lowest BCUT2D eigenvalue weighted by atomic mass is 10.0. The smallest absolute Gasteiger partial charge is 0.264 e. The third-order valence-corrected chi connectivity index (χ3v) is 27.3. The minimum Gasteiger partial charge on any atom is -0.360 e. The average Bonchev–Trinajstić information content (AvgIpc) is 1.53. The van der Waals surface area contributed by atoms with Gasteiger partial charge in [0.1, 0.15) is 59.2 Å². The van der Waals surface area contributed by atoms with E-state index in [0.29, 0.717) is 89.7 Å². The van der Waals surface area contributed by atoms with E-state index < -0.39 is 0 Å². The Balaban J connectivity index is 0.000000108. The number of aromatic amines is 5. The molecule has 0 saturated heterocycles. The molecule has 0 unspecified atom stereocenters. The summed E-state index contributed by atoms with van der Waals surface area (Å²) in [6, 6.07) is 62.7. The fourth-order valence-corrected chi connectivity index (χ4v) is 19.7. The lowest BCUT2D eigenvalue weighted by Crippen LogP contribution is -2.26. The van der Waals surface area contributed by atoms with Gasteiger partial charge >= 0.3 is 0 Å². The predicted octanol–water partition coefficient (Wildman–Crippen LogP) is 21.0. The molecular formula is C110H100Cl2N30O5. The van der Waals surface area contributed by atoms with Gasteiger partial charge in [-0.15, -0.1) is 0 Å². The highest BCUT2D eigenvalue weighted by Gasteiger charge is 2.33. The third kappa shape index (κ3) is 18.9. The number of imidazole rings is 5. The topological polar surface area (TPSA) is 442 Å². The zero-order valence-electron chi connectivity index (χ0n) is 81.9. The summed E-state index contributed by atoms with van der Waals surface area (Å²) in [7, 11) is 0. The summed E-state index contributed by atoms with van der Waals surface area (Å²) in [5, 5.41) is 25.9. The minimum atomic E-state index is -0.252. The van der Waals surface area contributed by atoms with Crippen molar-refractivity contribution in [2.24, 2.45) is 0 Å². The van der Waals surface area contributed by atoms with Crippen LogP contribution in [0.3, 0.4) is 0 Å². The van der Waals surface area contributed by atoms with E-state index in [-0.39, 0.29) is 64.0 Å². The van der Waals surface area contributed by atoms with E-state index in [1.165, 1.54) is 31.6 Å². The van der Waals surface area contributed by atoms with Gasteiger partial charge in [0.15, 0.2) is 57.3 Å². The molecule has 35 nitrogen and oxygen atoms in total. The van der Waals surface area contributed by atoms with Crippen molar-refractivity contribution in [2.45, 2.75) is 144 Å². The number of aromatic nitrogens is 25. The summed E-state index contributed by atoms with van der Waals surface area (Å²) in [5.74, 6) is 3.24. The Labute approximate surface area is 848 Å². The zero-order valence-corrected chi connectivity index (χ0v) is 83.4. The summed E-state index contributed by atoms with van der Waals surface area (Å²) < 4.78 is 9.16. The van der Waals surface area contributed by atoms with Crippen LogP contribution in [0.2, 0.25) is 10.0 Å². The lowest BCUT2D eigenvalue weighted by Gasteiger charge is -2.22. The molecule has 0 aliphatic heterocycles. The fraction of sp³-hybridized carbons (Fsp3) is 0.200. The van der Waals surface area contributed by atoms with Gasteiger partial charge in [-0.2, -0.15) is 0 Å². The van der Waals surface area contributed by atoms with Crippen LogP contribution in [0.5, 0.6) is 0 Å². The maximum atomic E-state index is 13.7. The quantitative estimate of drug-likeness (QED) is 0.0339. The van der Waals surface area contributed by atoms with Gasteiger partial charge in [-0.25, -0.2) is 74.8 Å². The van der Waals surface area contributed by atoms with Crippen LogP contribution in [0, 0.1) is 41.5 Å². The molecule has 8 aromatic carbocycles. The van der Waals surface area contributed by atoms with Crippen molar-refractivity contribution in [1.82, 2.24) is 123 Å². The molecule has 23 aromatic rings. The second kappa shape index (κ2) is 40.1. The molecule has 15 aromatic heterocycles. The van der Waals surface area contributed by atoms with Gasteiger partial charge in [0.25, 0.3) is 27.8 Å². The van der Waals surface area contributed by atoms with Crippen molar-refractivity contribution in [1.29, 1.82) is 0 Å². The molecule has 10 N–H and O–H groups in total. The molecule has 0 radical (unpaired) electrons. The number of halogens is 2. The average molecular weight is 1990 g/mol.